The number of halogens is 3. The maximum Gasteiger partial charge on any atom is 0.416 e. The van der Waals surface area contributed by atoms with Crippen LogP contribution in [-0.4, -0.2) is 61.5 Å². The highest BCUT2D eigenvalue weighted by atomic mass is 19.4. The van der Waals surface area contributed by atoms with Gasteiger partial charge in [-0.25, -0.2) is 4.79 Å². The van der Waals surface area contributed by atoms with Crippen molar-refractivity contribution in [1.82, 2.24) is 10.2 Å². The second kappa shape index (κ2) is 12.9. The van der Waals surface area contributed by atoms with Gasteiger partial charge in [-0.05, 0) is 43.4 Å². The molecule has 1 atom stereocenters. The third-order valence-corrected chi connectivity index (χ3v) is 4.80. The van der Waals surface area contributed by atoms with Crippen LogP contribution in [0.1, 0.15) is 19.4 Å². The number of hydrogen-bond donors (Lipinski definition) is 3. The summed E-state index contributed by atoms with van der Waals surface area (Å²) in [5.74, 6) is 0.498. The van der Waals surface area contributed by atoms with Crippen LogP contribution < -0.4 is 20.1 Å². The van der Waals surface area contributed by atoms with Crippen molar-refractivity contribution in [3.05, 3.63) is 54.1 Å². The topological polar surface area (TPSA) is 83.1 Å². The number of likely N-dealkylation sites (N-methyl/N-ethyl adjacent to an activating group) is 1. The Hall–Kier alpha value is -2.98. The summed E-state index contributed by atoms with van der Waals surface area (Å²) in [7, 11) is 0. The summed E-state index contributed by atoms with van der Waals surface area (Å²) in [6, 6.07) is 10.8. The second-order valence-electron chi connectivity index (χ2n) is 7.20. The van der Waals surface area contributed by atoms with Crippen molar-refractivity contribution in [3.8, 4) is 11.5 Å². The Morgan fingerprint density at radius 2 is 1.82 bits per heavy atom. The van der Waals surface area contributed by atoms with Crippen molar-refractivity contribution in [2.75, 3.05) is 44.7 Å². The molecule has 0 spiro atoms. The molecule has 3 N–H and O–H groups in total. The summed E-state index contributed by atoms with van der Waals surface area (Å²) in [4.78, 5) is 14.4. The van der Waals surface area contributed by atoms with Crippen LogP contribution in [0.4, 0.5) is 23.7 Å². The predicted octanol–water partition coefficient (Wildman–Crippen LogP) is 3.99. The van der Waals surface area contributed by atoms with Crippen LogP contribution in [0.25, 0.3) is 0 Å². The van der Waals surface area contributed by atoms with Crippen molar-refractivity contribution in [1.29, 1.82) is 0 Å². The Morgan fingerprint density at radius 1 is 1.09 bits per heavy atom. The SMILES string of the molecule is CCN(CC)CCOc1ccccc1NC(=O)NC[C@@H](O)COc1cccc(C(F)(F)F)c1. The summed E-state index contributed by atoms with van der Waals surface area (Å²) < 4.78 is 49.2. The zero-order valence-corrected chi connectivity index (χ0v) is 18.7. The molecule has 7 nitrogen and oxygen atoms in total. The average molecular weight is 470 g/mol. The number of rotatable bonds is 12. The Kier molecular flexibility index (Phi) is 10.3. The Morgan fingerprint density at radius 3 is 2.52 bits per heavy atom. The van der Waals surface area contributed by atoms with E-state index in [0.717, 1.165) is 31.8 Å². The number of hydrogen-bond acceptors (Lipinski definition) is 5. The molecular weight excluding hydrogens is 439 g/mol. The standard InChI is InChI=1S/C23H30F3N3O4/c1-3-29(4-2)12-13-32-21-11-6-5-10-20(21)28-22(31)27-15-18(30)16-33-19-9-7-8-17(14-19)23(24,25)26/h5-11,14,18,30H,3-4,12-13,15-16H2,1-2H3,(H2,27,28,31)/t18-/m1/s1. The maximum atomic E-state index is 12.8. The van der Waals surface area contributed by atoms with Crippen LogP contribution >= 0.6 is 0 Å². The van der Waals surface area contributed by atoms with E-state index in [-0.39, 0.29) is 18.9 Å². The van der Waals surface area contributed by atoms with Crippen LogP contribution in [0.3, 0.4) is 0 Å². The highest BCUT2D eigenvalue weighted by molar-refractivity contribution is 5.90. The molecule has 0 fully saturated rings. The van der Waals surface area contributed by atoms with Crippen LogP contribution in [0.15, 0.2) is 48.5 Å². The van der Waals surface area contributed by atoms with Crippen molar-refractivity contribution >= 4 is 11.7 Å². The van der Waals surface area contributed by atoms with Gasteiger partial charge >= 0.3 is 12.2 Å². The third-order valence-electron chi connectivity index (χ3n) is 4.80. The largest absolute Gasteiger partial charge is 0.491 e. The molecule has 0 saturated carbocycles. The maximum absolute atomic E-state index is 12.8. The number of aliphatic hydroxyl groups excluding tert-OH is 1. The predicted molar refractivity (Wildman–Crippen MR) is 120 cm³/mol. The molecule has 0 unspecified atom stereocenters. The van der Waals surface area contributed by atoms with Gasteiger partial charge in [-0.3, -0.25) is 0 Å². The Bertz CT molecular complexity index is 876. The van der Waals surface area contributed by atoms with E-state index in [1.807, 2.05) is 0 Å². The van der Waals surface area contributed by atoms with Gasteiger partial charge in [-0.1, -0.05) is 32.0 Å². The second-order valence-corrected chi connectivity index (χ2v) is 7.20. The van der Waals surface area contributed by atoms with Crippen molar-refractivity contribution in [3.63, 3.8) is 0 Å². The number of ether oxygens (including phenoxy) is 2. The molecule has 0 radical (unpaired) electrons. The molecule has 2 aromatic carbocycles. The molecule has 2 rings (SSSR count). The van der Waals surface area contributed by atoms with Crippen molar-refractivity contribution < 1.29 is 32.5 Å². The molecule has 0 saturated heterocycles. The fourth-order valence-electron chi connectivity index (χ4n) is 2.91. The first-order valence-corrected chi connectivity index (χ1v) is 10.7. The molecule has 0 bridgehead atoms. The summed E-state index contributed by atoms with van der Waals surface area (Å²) in [5.41, 5.74) is -0.366. The van der Waals surface area contributed by atoms with E-state index in [4.69, 9.17) is 9.47 Å². The van der Waals surface area contributed by atoms with Gasteiger partial charge in [-0.2, -0.15) is 13.2 Å². The fraction of sp³-hybridized carbons (Fsp3) is 0.435. The first kappa shape index (κ1) is 26.3. The number of carbonyl (C=O) groups excluding carboxylic acids is 1. The summed E-state index contributed by atoms with van der Waals surface area (Å²) in [6.07, 6.45) is -5.60. The molecule has 0 aliphatic heterocycles. The van der Waals surface area contributed by atoms with Crippen molar-refractivity contribution in [2.24, 2.45) is 0 Å². The zero-order valence-electron chi connectivity index (χ0n) is 18.7. The van der Waals surface area contributed by atoms with Gasteiger partial charge in [0.25, 0.3) is 0 Å². The number of anilines is 1. The van der Waals surface area contributed by atoms with Crippen LogP contribution in [0.2, 0.25) is 0 Å². The van der Waals surface area contributed by atoms with Gasteiger partial charge in [0, 0.05) is 13.1 Å². The number of benzene rings is 2. The number of nitrogens with zero attached hydrogens (tertiary/aromatic N) is 1. The molecule has 10 heteroatoms. The minimum absolute atomic E-state index is 0.0240. The number of nitrogens with one attached hydrogen (secondary N) is 2. The first-order chi connectivity index (χ1) is 15.7. The number of urea groups is 1. The zero-order chi connectivity index (χ0) is 24.3. The van der Waals surface area contributed by atoms with Gasteiger partial charge in [0.1, 0.15) is 30.8 Å². The number of carbonyl (C=O) groups is 1. The van der Waals surface area contributed by atoms with E-state index in [2.05, 4.69) is 29.4 Å². The molecule has 182 valence electrons. The van der Waals surface area contributed by atoms with E-state index in [9.17, 15) is 23.1 Å². The number of alkyl halides is 3. The normalized spacial score (nSPS) is 12.3. The summed E-state index contributed by atoms with van der Waals surface area (Å²) >= 11 is 0. The van der Waals surface area contributed by atoms with Crippen LogP contribution in [0, 0.1) is 0 Å². The monoisotopic (exact) mass is 469 g/mol. The van der Waals surface area contributed by atoms with E-state index >= 15 is 0 Å². The highest BCUT2D eigenvalue weighted by Crippen LogP contribution is 2.31. The van der Waals surface area contributed by atoms with E-state index in [1.165, 1.54) is 12.1 Å². The highest BCUT2D eigenvalue weighted by Gasteiger charge is 2.30. The number of aliphatic hydroxyl groups is 1. The Balaban J connectivity index is 1.79. The van der Waals surface area contributed by atoms with Gasteiger partial charge in [0.2, 0.25) is 0 Å². The minimum atomic E-state index is -4.48. The lowest BCUT2D eigenvalue weighted by molar-refractivity contribution is -0.137. The number of para-hydroxylation sites is 2. The lowest BCUT2D eigenvalue weighted by atomic mass is 10.2. The minimum Gasteiger partial charge on any atom is -0.491 e. The van der Waals surface area contributed by atoms with E-state index < -0.39 is 23.9 Å². The molecule has 0 aliphatic carbocycles. The summed E-state index contributed by atoms with van der Waals surface area (Å²) in [5, 5.41) is 15.2. The van der Waals surface area contributed by atoms with Gasteiger partial charge < -0.3 is 30.1 Å². The quantitative estimate of drug-likeness (QED) is 0.438. The molecule has 0 aromatic heterocycles. The third kappa shape index (κ3) is 9.19. The molecule has 0 heterocycles. The molecule has 0 aliphatic rings. The molecular formula is C23H30F3N3O4. The lowest BCUT2D eigenvalue weighted by Crippen LogP contribution is -2.37. The Labute approximate surface area is 191 Å². The van der Waals surface area contributed by atoms with E-state index in [0.29, 0.717) is 18.0 Å². The van der Waals surface area contributed by atoms with Crippen molar-refractivity contribution in [2.45, 2.75) is 26.1 Å². The molecule has 2 amide bonds. The van der Waals surface area contributed by atoms with Gasteiger partial charge in [0.05, 0.1) is 11.3 Å². The summed E-state index contributed by atoms with van der Waals surface area (Å²) in [6.45, 7) is 6.76. The van der Waals surface area contributed by atoms with Gasteiger partial charge in [0.15, 0.2) is 0 Å². The lowest BCUT2D eigenvalue weighted by Gasteiger charge is -2.19. The van der Waals surface area contributed by atoms with Crippen LogP contribution in [0.5, 0.6) is 11.5 Å². The molecule has 2 aromatic rings. The van der Waals surface area contributed by atoms with Gasteiger partial charge in [-0.15, -0.1) is 0 Å². The molecule has 33 heavy (non-hydrogen) atoms. The first-order valence-electron chi connectivity index (χ1n) is 10.7. The average Bonchev–Trinajstić information content (AvgIpc) is 2.80. The number of amides is 2. The smallest absolute Gasteiger partial charge is 0.416 e. The van der Waals surface area contributed by atoms with Crippen LogP contribution in [-0.2, 0) is 6.18 Å². The van der Waals surface area contributed by atoms with E-state index in [1.54, 1.807) is 24.3 Å². The fourth-order valence-corrected chi connectivity index (χ4v) is 2.91.